The van der Waals surface area contributed by atoms with Crippen molar-refractivity contribution in [1.82, 2.24) is 15.1 Å². The number of amides is 2. The number of hydrogen-bond acceptors (Lipinski definition) is 3. The minimum atomic E-state index is 0.0293. The van der Waals surface area contributed by atoms with Crippen molar-refractivity contribution < 1.29 is 9.53 Å². The molecule has 0 aromatic heterocycles. The first-order chi connectivity index (χ1) is 11.2. The van der Waals surface area contributed by atoms with Crippen molar-refractivity contribution in [3.8, 4) is 0 Å². The van der Waals surface area contributed by atoms with Crippen LogP contribution in [0.15, 0.2) is 24.3 Å². The van der Waals surface area contributed by atoms with Crippen molar-refractivity contribution in [3.63, 3.8) is 0 Å². The molecule has 1 aromatic rings. The molecule has 1 heterocycles. The van der Waals surface area contributed by atoms with E-state index in [2.05, 4.69) is 48.3 Å². The zero-order chi connectivity index (χ0) is 16.5. The minimum absolute atomic E-state index is 0.0293. The Morgan fingerprint density at radius 2 is 2.13 bits per heavy atom. The van der Waals surface area contributed by atoms with Crippen LogP contribution >= 0.6 is 0 Å². The lowest BCUT2D eigenvalue weighted by Gasteiger charge is -2.30. The van der Waals surface area contributed by atoms with E-state index >= 15 is 0 Å². The quantitative estimate of drug-likeness (QED) is 0.838. The molecule has 5 heteroatoms. The molecule has 1 fully saturated rings. The molecule has 0 unspecified atom stereocenters. The lowest BCUT2D eigenvalue weighted by atomic mass is 10.1. The topological polar surface area (TPSA) is 44.8 Å². The van der Waals surface area contributed by atoms with Gasteiger partial charge in [0.2, 0.25) is 0 Å². The lowest BCUT2D eigenvalue weighted by molar-refractivity contribution is 0.0346. The van der Waals surface area contributed by atoms with Gasteiger partial charge in [0.15, 0.2) is 0 Å². The summed E-state index contributed by atoms with van der Waals surface area (Å²) in [5.41, 5.74) is 2.41. The van der Waals surface area contributed by atoms with Crippen LogP contribution in [0, 0.1) is 6.92 Å². The van der Waals surface area contributed by atoms with Crippen LogP contribution in [-0.2, 0) is 11.3 Å². The van der Waals surface area contributed by atoms with Gasteiger partial charge in [0.05, 0.1) is 13.2 Å². The summed E-state index contributed by atoms with van der Waals surface area (Å²) >= 11 is 0. The molecule has 0 bridgehead atoms. The van der Waals surface area contributed by atoms with Crippen molar-refractivity contribution in [2.24, 2.45) is 0 Å². The Morgan fingerprint density at radius 1 is 1.35 bits per heavy atom. The highest BCUT2D eigenvalue weighted by molar-refractivity contribution is 5.74. The molecular weight excluding hydrogens is 290 g/mol. The summed E-state index contributed by atoms with van der Waals surface area (Å²) in [5.74, 6) is 0. The van der Waals surface area contributed by atoms with Crippen LogP contribution in [-0.4, -0.2) is 61.8 Å². The highest BCUT2D eigenvalue weighted by Gasteiger charge is 2.16. The smallest absolute Gasteiger partial charge is 0.317 e. The van der Waals surface area contributed by atoms with E-state index in [0.717, 1.165) is 52.4 Å². The Bertz CT molecular complexity index is 487. The van der Waals surface area contributed by atoms with Crippen LogP contribution in [0.3, 0.4) is 0 Å². The van der Waals surface area contributed by atoms with E-state index in [1.807, 2.05) is 4.90 Å². The monoisotopic (exact) mass is 319 g/mol. The first-order valence-electron chi connectivity index (χ1n) is 8.57. The Kier molecular flexibility index (Phi) is 7.36. The maximum atomic E-state index is 12.4. The Hall–Kier alpha value is -1.59. The molecule has 5 nitrogen and oxygen atoms in total. The van der Waals surface area contributed by atoms with Crippen molar-refractivity contribution in [2.45, 2.75) is 26.8 Å². The summed E-state index contributed by atoms with van der Waals surface area (Å²) in [4.78, 5) is 16.7. The molecule has 1 aliphatic rings. The van der Waals surface area contributed by atoms with E-state index in [4.69, 9.17) is 4.74 Å². The Labute approximate surface area is 139 Å². The molecule has 0 spiro atoms. The fourth-order valence-corrected chi connectivity index (χ4v) is 2.71. The fraction of sp³-hybridized carbons (Fsp3) is 0.611. The maximum absolute atomic E-state index is 12.4. The molecular formula is C18H29N3O2. The molecule has 1 aromatic carbocycles. The number of carbonyl (C=O) groups is 1. The minimum Gasteiger partial charge on any atom is -0.379 e. The third-order valence-corrected chi connectivity index (χ3v) is 4.06. The number of ether oxygens (including phenoxy) is 1. The van der Waals surface area contributed by atoms with Gasteiger partial charge in [-0.05, 0) is 18.9 Å². The number of morpholine rings is 1. The van der Waals surface area contributed by atoms with Crippen LogP contribution in [0.25, 0.3) is 0 Å². The summed E-state index contributed by atoms with van der Waals surface area (Å²) in [7, 11) is 0. The summed E-state index contributed by atoms with van der Waals surface area (Å²) in [6.07, 6.45) is 0.952. The van der Waals surface area contributed by atoms with E-state index in [1.165, 1.54) is 11.1 Å². The number of nitrogens with one attached hydrogen (secondary N) is 1. The number of carbonyl (C=O) groups excluding carboxylic acids is 1. The van der Waals surface area contributed by atoms with Gasteiger partial charge >= 0.3 is 6.03 Å². The predicted octanol–water partition coefficient (Wildman–Crippen LogP) is 2.25. The van der Waals surface area contributed by atoms with Crippen molar-refractivity contribution in [1.29, 1.82) is 0 Å². The largest absolute Gasteiger partial charge is 0.379 e. The lowest BCUT2D eigenvalue weighted by Crippen LogP contribution is -2.46. The summed E-state index contributed by atoms with van der Waals surface area (Å²) < 4.78 is 5.38. The van der Waals surface area contributed by atoms with E-state index < -0.39 is 0 Å². The van der Waals surface area contributed by atoms with Crippen molar-refractivity contribution in [3.05, 3.63) is 35.4 Å². The molecule has 1 saturated heterocycles. The first-order valence-corrected chi connectivity index (χ1v) is 8.57. The second-order valence-electron chi connectivity index (χ2n) is 6.10. The van der Waals surface area contributed by atoms with Crippen molar-refractivity contribution in [2.75, 3.05) is 45.9 Å². The first kappa shape index (κ1) is 17.8. The highest BCUT2D eigenvalue weighted by Crippen LogP contribution is 2.08. The third-order valence-electron chi connectivity index (χ3n) is 4.06. The second-order valence-corrected chi connectivity index (χ2v) is 6.10. The normalized spacial score (nSPS) is 15.4. The molecule has 2 amide bonds. The SMILES string of the molecule is CCCNC(=O)N(CCN1CCOCC1)Cc1cccc(C)c1. The molecule has 0 saturated carbocycles. The average molecular weight is 319 g/mol. The van der Waals surface area contributed by atoms with Gasteiger partial charge in [0.1, 0.15) is 0 Å². The van der Waals surface area contributed by atoms with Gasteiger partial charge in [-0.25, -0.2) is 4.79 Å². The zero-order valence-corrected chi connectivity index (χ0v) is 14.4. The summed E-state index contributed by atoms with van der Waals surface area (Å²) in [5, 5.41) is 3.00. The molecule has 23 heavy (non-hydrogen) atoms. The summed E-state index contributed by atoms with van der Waals surface area (Å²) in [6, 6.07) is 8.39. The average Bonchev–Trinajstić information content (AvgIpc) is 2.57. The fourth-order valence-electron chi connectivity index (χ4n) is 2.71. The molecule has 2 rings (SSSR count). The number of aryl methyl sites for hydroxylation is 1. The number of benzene rings is 1. The molecule has 0 radical (unpaired) electrons. The van der Waals surface area contributed by atoms with Crippen LogP contribution in [0.5, 0.6) is 0 Å². The zero-order valence-electron chi connectivity index (χ0n) is 14.4. The molecule has 1 aliphatic heterocycles. The van der Waals surface area contributed by atoms with Crippen molar-refractivity contribution >= 4 is 6.03 Å². The second kappa shape index (κ2) is 9.53. The highest BCUT2D eigenvalue weighted by atomic mass is 16.5. The van der Waals surface area contributed by atoms with Crippen LogP contribution < -0.4 is 5.32 Å². The van der Waals surface area contributed by atoms with Gasteiger partial charge in [0.25, 0.3) is 0 Å². The van der Waals surface area contributed by atoms with E-state index in [1.54, 1.807) is 0 Å². The molecule has 0 aliphatic carbocycles. The van der Waals surface area contributed by atoms with E-state index in [0.29, 0.717) is 6.54 Å². The van der Waals surface area contributed by atoms with E-state index in [-0.39, 0.29) is 6.03 Å². The third kappa shape index (κ3) is 6.20. The number of rotatable bonds is 7. The van der Waals surface area contributed by atoms with Gasteiger partial charge in [-0.1, -0.05) is 36.8 Å². The van der Waals surface area contributed by atoms with Gasteiger partial charge < -0.3 is 15.0 Å². The predicted molar refractivity (Wildman–Crippen MR) is 92.5 cm³/mol. The number of nitrogens with zero attached hydrogens (tertiary/aromatic N) is 2. The van der Waals surface area contributed by atoms with Crippen LogP contribution in [0.4, 0.5) is 4.79 Å². The maximum Gasteiger partial charge on any atom is 0.317 e. The Morgan fingerprint density at radius 3 is 2.83 bits per heavy atom. The van der Waals surface area contributed by atoms with Gasteiger partial charge in [0, 0.05) is 39.3 Å². The van der Waals surface area contributed by atoms with Crippen LogP contribution in [0.2, 0.25) is 0 Å². The molecule has 128 valence electrons. The summed E-state index contributed by atoms with van der Waals surface area (Å²) in [6.45, 7) is 10.7. The van der Waals surface area contributed by atoms with Gasteiger partial charge in [-0.3, -0.25) is 4.90 Å². The molecule has 1 N–H and O–H groups in total. The molecule has 0 atom stereocenters. The van der Waals surface area contributed by atoms with Gasteiger partial charge in [-0.2, -0.15) is 0 Å². The Balaban J connectivity index is 1.94. The van der Waals surface area contributed by atoms with Gasteiger partial charge in [-0.15, -0.1) is 0 Å². The van der Waals surface area contributed by atoms with E-state index in [9.17, 15) is 4.79 Å². The standard InChI is InChI=1S/C18H29N3O2/c1-3-7-19-18(22)21(9-8-20-10-12-23-13-11-20)15-17-6-4-5-16(2)14-17/h4-6,14H,3,7-13,15H2,1-2H3,(H,19,22). The number of hydrogen-bond donors (Lipinski definition) is 1. The number of urea groups is 1. The van der Waals surface area contributed by atoms with Crippen LogP contribution in [0.1, 0.15) is 24.5 Å².